The fourth-order valence-corrected chi connectivity index (χ4v) is 3.02. The molecule has 1 aliphatic rings. The second-order valence-corrected chi connectivity index (χ2v) is 5.97. The minimum absolute atomic E-state index is 0.0603. The highest BCUT2D eigenvalue weighted by molar-refractivity contribution is 5.92. The highest BCUT2D eigenvalue weighted by Crippen LogP contribution is 2.16. The Morgan fingerprint density at radius 1 is 0.800 bits per heavy atom. The molecule has 126 valence electrons. The Kier molecular flexibility index (Phi) is 4.16. The third-order valence-electron chi connectivity index (χ3n) is 4.39. The monoisotopic (exact) mass is 333 g/mol. The Hall–Kier alpha value is -3.15. The van der Waals surface area contributed by atoms with Gasteiger partial charge in [0.05, 0.1) is 11.9 Å². The molecule has 0 atom stereocenters. The second kappa shape index (κ2) is 6.76. The third-order valence-corrected chi connectivity index (χ3v) is 4.39. The van der Waals surface area contributed by atoms with Crippen molar-refractivity contribution in [1.82, 2.24) is 19.9 Å². The molecule has 25 heavy (non-hydrogen) atoms. The van der Waals surface area contributed by atoms with Gasteiger partial charge in [-0.05, 0) is 24.3 Å². The molecule has 1 fully saturated rings. The summed E-state index contributed by atoms with van der Waals surface area (Å²) in [6.07, 6.45) is 1.54. The van der Waals surface area contributed by atoms with Crippen molar-refractivity contribution >= 4 is 11.6 Å². The number of benzene rings is 2. The van der Waals surface area contributed by atoms with Crippen molar-refractivity contribution in [2.24, 2.45) is 0 Å². The zero-order chi connectivity index (χ0) is 17.1. The van der Waals surface area contributed by atoms with Crippen molar-refractivity contribution in [3.05, 3.63) is 72.6 Å². The first-order chi connectivity index (χ1) is 12.3. The van der Waals surface area contributed by atoms with Gasteiger partial charge in [0, 0.05) is 31.9 Å². The average Bonchev–Trinajstić information content (AvgIpc) is 3.19. The topological polar surface area (TPSA) is 54.3 Å². The highest BCUT2D eigenvalue weighted by Gasteiger charge is 2.24. The van der Waals surface area contributed by atoms with Crippen molar-refractivity contribution in [1.29, 1.82) is 0 Å². The van der Waals surface area contributed by atoms with Crippen molar-refractivity contribution in [3.8, 4) is 5.69 Å². The van der Waals surface area contributed by atoms with Crippen LogP contribution in [0.1, 0.15) is 10.5 Å². The van der Waals surface area contributed by atoms with Gasteiger partial charge in [0.2, 0.25) is 0 Å². The van der Waals surface area contributed by atoms with Gasteiger partial charge in [0.1, 0.15) is 0 Å². The van der Waals surface area contributed by atoms with Gasteiger partial charge in [-0.15, -0.1) is 5.10 Å². The predicted molar refractivity (Wildman–Crippen MR) is 95.9 cm³/mol. The maximum Gasteiger partial charge on any atom is 0.276 e. The Morgan fingerprint density at radius 2 is 1.40 bits per heavy atom. The Balaban J connectivity index is 1.42. The molecule has 4 rings (SSSR count). The molecule has 1 aliphatic heterocycles. The molecule has 0 radical (unpaired) electrons. The molecule has 6 nitrogen and oxygen atoms in total. The number of piperazine rings is 1. The maximum absolute atomic E-state index is 12.7. The molecule has 1 amide bonds. The van der Waals surface area contributed by atoms with Crippen LogP contribution in [0.15, 0.2) is 66.9 Å². The van der Waals surface area contributed by atoms with Crippen LogP contribution < -0.4 is 4.90 Å². The number of aromatic nitrogens is 3. The summed E-state index contributed by atoms with van der Waals surface area (Å²) in [4.78, 5) is 18.3. The number of carbonyl (C=O) groups excluding carboxylic acids is 1. The van der Waals surface area contributed by atoms with Crippen molar-refractivity contribution in [3.63, 3.8) is 0 Å². The largest absolute Gasteiger partial charge is 0.368 e. The van der Waals surface area contributed by atoms with Crippen LogP contribution in [0.4, 0.5) is 5.69 Å². The summed E-state index contributed by atoms with van der Waals surface area (Å²) in [7, 11) is 0. The standard InChI is InChI=1S/C19H19N5O/c25-19(18-15-20-24(21-18)17-9-5-2-6-10-17)23-13-11-22(12-14-23)16-7-3-1-4-8-16/h1-10,15H,11-14H2. The first kappa shape index (κ1) is 15.4. The third kappa shape index (κ3) is 3.24. The van der Waals surface area contributed by atoms with Gasteiger partial charge in [-0.25, -0.2) is 0 Å². The molecule has 3 aromatic rings. The van der Waals surface area contributed by atoms with E-state index in [0.717, 1.165) is 18.8 Å². The number of anilines is 1. The molecule has 0 unspecified atom stereocenters. The van der Waals surface area contributed by atoms with E-state index in [2.05, 4.69) is 27.2 Å². The second-order valence-electron chi connectivity index (χ2n) is 5.97. The van der Waals surface area contributed by atoms with Crippen LogP contribution in [-0.4, -0.2) is 52.0 Å². The Labute approximate surface area is 146 Å². The normalized spacial score (nSPS) is 14.6. The summed E-state index contributed by atoms with van der Waals surface area (Å²) in [5.74, 6) is -0.0603. The van der Waals surface area contributed by atoms with E-state index in [1.54, 1.807) is 6.20 Å². The van der Waals surface area contributed by atoms with Crippen LogP contribution in [0.25, 0.3) is 5.69 Å². The van der Waals surface area contributed by atoms with Crippen LogP contribution in [0.5, 0.6) is 0 Å². The zero-order valence-corrected chi connectivity index (χ0v) is 13.8. The number of carbonyl (C=O) groups is 1. The minimum Gasteiger partial charge on any atom is -0.368 e. The number of amides is 1. The number of para-hydroxylation sites is 2. The van der Waals surface area contributed by atoms with Gasteiger partial charge in [-0.3, -0.25) is 4.79 Å². The van der Waals surface area contributed by atoms with Gasteiger partial charge in [0.25, 0.3) is 5.91 Å². The Bertz CT molecular complexity index is 839. The lowest BCUT2D eigenvalue weighted by Gasteiger charge is -2.35. The lowest BCUT2D eigenvalue weighted by atomic mass is 10.2. The summed E-state index contributed by atoms with van der Waals surface area (Å²) in [6, 6.07) is 19.9. The SMILES string of the molecule is O=C(c1cnn(-c2ccccc2)n1)N1CCN(c2ccccc2)CC1. The maximum atomic E-state index is 12.7. The summed E-state index contributed by atoms with van der Waals surface area (Å²) in [5, 5.41) is 8.55. The molecule has 2 aromatic carbocycles. The van der Waals surface area contributed by atoms with Gasteiger partial charge >= 0.3 is 0 Å². The van der Waals surface area contributed by atoms with E-state index in [1.807, 2.05) is 53.4 Å². The van der Waals surface area contributed by atoms with Gasteiger partial charge < -0.3 is 9.80 Å². The van der Waals surface area contributed by atoms with Crippen LogP contribution >= 0.6 is 0 Å². The Morgan fingerprint density at radius 3 is 2.04 bits per heavy atom. The molecule has 1 saturated heterocycles. The highest BCUT2D eigenvalue weighted by atomic mass is 16.2. The van der Waals surface area contributed by atoms with Crippen LogP contribution in [0, 0.1) is 0 Å². The molecular formula is C19H19N5O. The first-order valence-electron chi connectivity index (χ1n) is 8.38. The summed E-state index contributed by atoms with van der Waals surface area (Å²) in [5.41, 5.74) is 2.43. The van der Waals surface area contributed by atoms with Crippen LogP contribution in [-0.2, 0) is 0 Å². The van der Waals surface area contributed by atoms with E-state index in [4.69, 9.17) is 0 Å². The van der Waals surface area contributed by atoms with E-state index in [0.29, 0.717) is 18.8 Å². The lowest BCUT2D eigenvalue weighted by molar-refractivity contribution is 0.0740. The fourth-order valence-electron chi connectivity index (χ4n) is 3.02. The fraction of sp³-hybridized carbons (Fsp3) is 0.211. The summed E-state index contributed by atoms with van der Waals surface area (Å²) in [6.45, 7) is 3.02. The molecule has 0 spiro atoms. The minimum atomic E-state index is -0.0603. The van der Waals surface area contributed by atoms with E-state index < -0.39 is 0 Å². The van der Waals surface area contributed by atoms with Crippen molar-refractivity contribution in [2.45, 2.75) is 0 Å². The number of hydrogen-bond acceptors (Lipinski definition) is 4. The van der Waals surface area contributed by atoms with Gasteiger partial charge in [-0.2, -0.15) is 9.90 Å². The van der Waals surface area contributed by atoms with E-state index >= 15 is 0 Å². The average molecular weight is 333 g/mol. The number of nitrogens with zero attached hydrogens (tertiary/aromatic N) is 5. The van der Waals surface area contributed by atoms with Crippen LogP contribution in [0.2, 0.25) is 0 Å². The molecule has 0 aliphatic carbocycles. The molecule has 0 bridgehead atoms. The smallest absolute Gasteiger partial charge is 0.276 e. The molecular weight excluding hydrogens is 314 g/mol. The van der Waals surface area contributed by atoms with E-state index in [1.165, 1.54) is 10.5 Å². The number of hydrogen-bond donors (Lipinski definition) is 0. The van der Waals surface area contributed by atoms with Crippen LogP contribution in [0.3, 0.4) is 0 Å². The van der Waals surface area contributed by atoms with Crippen molar-refractivity contribution < 1.29 is 4.79 Å². The van der Waals surface area contributed by atoms with Crippen molar-refractivity contribution in [2.75, 3.05) is 31.1 Å². The number of rotatable bonds is 3. The molecule has 6 heteroatoms. The zero-order valence-electron chi connectivity index (χ0n) is 13.8. The molecule has 0 saturated carbocycles. The lowest BCUT2D eigenvalue weighted by Crippen LogP contribution is -2.48. The molecule has 1 aromatic heterocycles. The molecule has 0 N–H and O–H groups in total. The van der Waals surface area contributed by atoms with E-state index in [-0.39, 0.29) is 5.91 Å². The quantitative estimate of drug-likeness (QED) is 0.737. The predicted octanol–water partition coefficient (Wildman–Crippen LogP) is 2.23. The summed E-state index contributed by atoms with van der Waals surface area (Å²) >= 11 is 0. The summed E-state index contributed by atoms with van der Waals surface area (Å²) < 4.78 is 0. The first-order valence-corrected chi connectivity index (χ1v) is 8.38. The molecule has 2 heterocycles. The van der Waals surface area contributed by atoms with Gasteiger partial charge in [-0.1, -0.05) is 36.4 Å². The van der Waals surface area contributed by atoms with E-state index in [9.17, 15) is 4.79 Å². The van der Waals surface area contributed by atoms with Gasteiger partial charge in [0.15, 0.2) is 5.69 Å².